The average molecular weight is 334 g/mol. The first-order chi connectivity index (χ1) is 9.49. The van der Waals surface area contributed by atoms with Gasteiger partial charge in [-0.05, 0) is 31.2 Å². The number of fused-ring (bicyclic) bond motifs is 1. The SMILES string of the molecule is Cc1nn(C)c2oc(N)c(C(=O)c3ccc(Br)cc3)c12. The Kier molecular flexibility index (Phi) is 2.90. The molecule has 2 aromatic heterocycles. The van der Waals surface area contributed by atoms with Crippen LogP contribution in [0.4, 0.5) is 5.88 Å². The van der Waals surface area contributed by atoms with Crippen LogP contribution < -0.4 is 5.73 Å². The first-order valence-corrected chi connectivity index (χ1v) is 6.80. The van der Waals surface area contributed by atoms with Gasteiger partial charge in [0, 0.05) is 17.1 Å². The van der Waals surface area contributed by atoms with Crippen LogP contribution in [0, 0.1) is 6.92 Å². The third-order valence-electron chi connectivity index (χ3n) is 3.21. The van der Waals surface area contributed by atoms with Crippen LogP contribution in [0.2, 0.25) is 0 Å². The van der Waals surface area contributed by atoms with E-state index in [1.165, 1.54) is 0 Å². The van der Waals surface area contributed by atoms with Crippen LogP contribution in [0.15, 0.2) is 33.2 Å². The van der Waals surface area contributed by atoms with Gasteiger partial charge in [0.05, 0.1) is 16.6 Å². The number of carbonyl (C=O) groups is 1. The molecule has 6 heteroatoms. The molecule has 0 aliphatic heterocycles. The van der Waals surface area contributed by atoms with Crippen LogP contribution in [-0.4, -0.2) is 15.6 Å². The summed E-state index contributed by atoms with van der Waals surface area (Å²) in [7, 11) is 1.76. The van der Waals surface area contributed by atoms with Gasteiger partial charge in [0.15, 0.2) is 5.78 Å². The monoisotopic (exact) mass is 333 g/mol. The van der Waals surface area contributed by atoms with Gasteiger partial charge < -0.3 is 10.2 Å². The fourth-order valence-electron chi connectivity index (χ4n) is 2.29. The summed E-state index contributed by atoms with van der Waals surface area (Å²) in [6.45, 7) is 1.83. The van der Waals surface area contributed by atoms with E-state index in [0.717, 1.165) is 10.2 Å². The van der Waals surface area contributed by atoms with Crippen LogP contribution in [0.25, 0.3) is 11.1 Å². The zero-order valence-corrected chi connectivity index (χ0v) is 12.6. The lowest BCUT2D eigenvalue weighted by Gasteiger charge is -2.00. The second-order valence-electron chi connectivity index (χ2n) is 4.57. The highest BCUT2D eigenvalue weighted by atomic mass is 79.9. The summed E-state index contributed by atoms with van der Waals surface area (Å²) in [6.07, 6.45) is 0. The summed E-state index contributed by atoms with van der Waals surface area (Å²) in [5, 5.41) is 4.93. The van der Waals surface area contributed by atoms with E-state index in [-0.39, 0.29) is 11.7 Å². The Morgan fingerprint density at radius 1 is 1.35 bits per heavy atom. The van der Waals surface area contributed by atoms with Gasteiger partial charge in [0.2, 0.25) is 11.6 Å². The minimum Gasteiger partial charge on any atom is -0.422 e. The van der Waals surface area contributed by atoms with Gasteiger partial charge in [0.25, 0.3) is 0 Å². The predicted octanol–water partition coefficient (Wildman–Crippen LogP) is 3.05. The smallest absolute Gasteiger partial charge is 0.228 e. The molecular formula is C14H12BrN3O2. The molecule has 1 aromatic carbocycles. The van der Waals surface area contributed by atoms with Gasteiger partial charge in [-0.1, -0.05) is 15.9 Å². The van der Waals surface area contributed by atoms with Crippen molar-refractivity contribution in [1.82, 2.24) is 9.78 Å². The van der Waals surface area contributed by atoms with Crippen LogP contribution in [-0.2, 0) is 7.05 Å². The van der Waals surface area contributed by atoms with Gasteiger partial charge in [-0.15, -0.1) is 0 Å². The van der Waals surface area contributed by atoms with Crippen LogP contribution in [0.3, 0.4) is 0 Å². The summed E-state index contributed by atoms with van der Waals surface area (Å²) in [5.74, 6) is -0.0335. The van der Waals surface area contributed by atoms with Gasteiger partial charge >= 0.3 is 0 Å². The van der Waals surface area contributed by atoms with E-state index in [9.17, 15) is 4.79 Å². The number of carbonyl (C=O) groups excluding carboxylic acids is 1. The minimum atomic E-state index is -0.162. The van der Waals surface area contributed by atoms with Crippen molar-refractivity contribution in [2.75, 3.05) is 5.73 Å². The van der Waals surface area contributed by atoms with Crippen molar-refractivity contribution < 1.29 is 9.21 Å². The lowest BCUT2D eigenvalue weighted by Crippen LogP contribution is -2.03. The molecule has 0 atom stereocenters. The maximum atomic E-state index is 12.6. The van der Waals surface area contributed by atoms with Gasteiger partial charge in [-0.25, -0.2) is 4.68 Å². The molecule has 20 heavy (non-hydrogen) atoms. The van der Waals surface area contributed by atoms with Gasteiger partial charge in [0.1, 0.15) is 0 Å². The highest BCUT2D eigenvalue weighted by molar-refractivity contribution is 9.10. The molecule has 3 aromatic rings. The molecule has 0 bridgehead atoms. The Bertz CT molecular complexity index is 815. The fourth-order valence-corrected chi connectivity index (χ4v) is 2.56. The maximum absolute atomic E-state index is 12.6. The van der Waals surface area contributed by atoms with E-state index in [2.05, 4.69) is 21.0 Å². The average Bonchev–Trinajstić information content (AvgIpc) is 2.88. The Morgan fingerprint density at radius 2 is 2.00 bits per heavy atom. The van der Waals surface area contributed by atoms with Crippen molar-refractivity contribution in [3.8, 4) is 0 Å². The van der Waals surface area contributed by atoms with Crippen molar-refractivity contribution >= 4 is 38.7 Å². The zero-order valence-electron chi connectivity index (χ0n) is 11.0. The molecule has 0 spiro atoms. The molecule has 0 aliphatic carbocycles. The van der Waals surface area contributed by atoms with Crippen molar-refractivity contribution in [1.29, 1.82) is 0 Å². The molecule has 0 fully saturated rings. The van der Waals surface area contributed by atoms with Crippen molar-refractivity contribution in [3.63, 3.8) is 0 Å². The number of benzene rings is 1. The number of halogens is 1. The molecule has 0 saturated heterocycles. The number of aromatic nitrogens is 2. The molecule has 0 amide bonds. The Morgan fingerprint density at radius 3 is 2.65 bits per heavy atom. The van der Waals surface area contributed by atoms with Crippen molar-refractivity contribution in [3.05, 3.63) is 45.6 Å². The lowest BCUT2D eigenvalue weighted by molar-refractivity contribution is 0.104. The molecule has 2 N–H and O–H groups in total. The van der Waals surface area contributed by atoms with Crippen molar-refractivity contribution in [2.24, 2.45) is 7.05 Å². The van der Waals surface area contributed by atoms with E-state index in [1.54, 1.807) is 23.9 Å². The molecule has 0 aliphatic rings. The lowest BCUT2D eigenvalue weighted by atomic mass is 10.0. The van der Waals surface area contributed by atoms with Crippen LogP contribution in [0.5, 0.6) is 0 Å². The Hall–Kier alpha value is -2.08. The fraction of sp³-hybridized carbons (Fsp3) is 0.143. The van der Waals surface area contributed by atoms with E-state index < -0.39 is 0 Å². The Labute approximate surface area is 123 Å². The molecular weight excluding hydrogens is 322 g/mol. The van der Waals surface area contributed by atoms with Crippen LogP contribution in [0.1, 0.15) is 21.6 Å². The third-order valence-corrected chi connectivity index (χ3v) is 3.73. The molecule has 3 rings (SSSR count). The summed E-state index contributed by atoms with van der Waals surface area (Å²) < 4.78 is 7.96. The van der Waals surface area contributed by atoms with E-state index in [0.29, 0.717) is 22.2 Å². The number of rotatable bonds is 2. The van der Waals surface area contributed by atoms with Crippen molar-refractivity contribution in [2.45, 2.75) is 6.92 Å². The summed E-state index contributed by atoms with van der Waals surface area (Å²) in [6, 6.07) is 7.13. The largest absolute Gasteiger partial charge is 0.422 e. The normalized spacial score (nSPS) is 11.2. The molecule has 0 saturated carbocycles. The number of ketones is 1. The number of aryl methyl sites for hydroxylation is 2. The maximum Gasteiger partial charge on any atom is 0.228 e. The first kappa shape index (κ1) is 12.9. The number of hydrogen-bond acceptors (Lipinski definition) is 4. The minimum absolute atomic E-state index is 0.129. The third kappa shape index (κ3) is 1.84. The number of hydrogen-bond donors (Lipinski definition) is 1. The highest BCUT2D eigenvalue weighted by Gasteiger charge is 2.24. The standard InChI is InChI=1S/C14H12BrN3O2/c1-7-10-11(13(16)20-14(10)18(2)17-7)12(19)8-3-5-9(15)6-4-8/h3-6H,16H2,1-2H3. The van der Waals surface area contributed by atoms with Gasteiger partial charge in [-0.2, -0.15) is 5.10 Å². The number of nitrogens with two attached hydrogens (primary N) is 1. The zero-order chi connectivity index (χ0) is 14.4. The Balaban J connectivity index is 2.21. The number of nitrogen functional groups attached to an aromatic ring is 1. The van der Waals surface area contributed by atoms with E-state index in [4.69, 9.17) is 10.2 Å². The molecule has 102 valence electrons. The molecule has 5 nitrogen and oxygen atoms in total. The van der Waals surface area contributed by atoms with E-state index in [1.807, 2.05) is 19.1 Å². The summed E-state index contributed by atoms with van der Waals surface area (Å²) in [5.41, 5.74) is 8.05. The summed E-state index contributed by atoms with van der Waals surface area (Å²) >= 11 is 3.34. The summed E-state index contributed by atoms with van der Waals surface area (Å²) in [4.78, 5) is 12.6. The quantitative estimate of drug-likeness (QED) is 0.731. The predicted molar refractivity (Wildman–Crippen MR) is 79.7 cm³/mol. The van der Waals surface area contributed by atoms with Crippen LogP contribution >= 0.6 is 15.9 Å². The molecule has 2 heterocycles. The second kappa shape index (κ2) is 4.49. The number of furan rings is 1. The first-order valence-electron chi connectivity index (χ1n) is 6.01. The molecule has 0 radical (unpaired) electrons. The molecule has 0 unspecified atom stereocenters. The number of nitrogens with zero attached hydrogens (tertiary/aromatic N) is 2. The van der Waals surface area contributed by atoms with E-state index >= 15 is 0 Å². The number of anilines is 1. The second-order valence-corrected chi connectivity index (χ2v) is 5.48. The van der Waals surface area contributed by atoms with Gasteiger partial charge in [-0.3, -0.25) is 4.79 Å². The topological polar surface area (TPSA) is 74.1 Å². The highest BCUT2D eigenvalue weighted by Crippen LogP contribution is 2.32.